The molecule has 0 amide bonds. The van der Waals surface area contributed by atoms with Gasteiger partial charge in [0.15, 0.2) is 0 Å². The Morgan fingerprint density at radius 1 is 1.07 bits per heavy atom. The van der Waals surface area contributed by atoms with Crippen molar-refractivity contribution in [2.75, 3.05) is 0 Å². The van der Waals surface area contributed by atoms with Gasteiger partial charge in [0.1, 0.15) is 5.60 Å². The van der Waals surface area contributed by atoms with Gasteiger partial charge in [-0.1, -0.05) is 88.4 Å². The van der Waals surface area contributed by atoms with Crippen LogP contribution in [0.1, 0.15) is 76.1 Å². The summed E-state index contributed by atoms with van der Waals surface area (Å²) in [7, 11) is 0. The van der Waals surface area contributed by atoms with Gasteiger partial charge in [0, 0.05) is 5.92 Å². The molecule has 5 unspecified atom stereocenters. The van der Waals surface area contributed by atoms with Gasteiger partial charge < -0.3 is 4.74 Å². The van der Waals surface area contributed by atoms with E-state index in [1.54, 1.807) is 6.92 Å². The predicted molar refractivity (Wildman–Crippen MR) is 123 cm³/mol. The summed E-state index contributed by atoms with van der Waals surface area (Å²) in [6, 6.07) is 17.8. The Balaban J connectivity index is 1.31. The van der Waals surface area contributed by atoms with Crippen molar-refractivity contribution in [1.82, 2.24) is 0 Å². The molecule has 2 heteroatoms. The average Bonchev–Trinajstić information content (AvgIpc) is 3.56. The molecule has 0 aromatic heterocycles. The van der Waals surface area contributed by atoms with Crippen molar-refractivity contribution in [2.24, 2.45) is 11.8 Å². The van der Waals surface area contributed by atoms with E-state index in [-0.39, 0.29) is 5.41 Å². The Bertz CT molecular complexity index is 917. The van der Waals surface area contributed by atoms with E-state index in [2.05, 4.69) is 88.4 Å². The van der Waals surface area contributed by atoms with E-state index >= 15 is 0 Å². The second kappa shape index (κ2) is 7.34. The number of allylic oxidation sites excluding steroid dienone is 1. The summed E-state index contributed by atoms with van der Waals surface area (Å²) in [5, 5.41) is 0. The number of alkyl halides is 1. The first-order valence-electron chi connectivity index (χ1n) is 11.3. The molecular formula is C28H35FO. The van der Waals surface area contributed by atoms with Crippen LogP contribution in [-0.2, 0) is 16.6 Å². The molecule has 2 aliphatic rings. The molecule has 1 nitrogen and oxygen atoms in total. The second-order valence-corrected chi connectivity index (χ2v) is 10.7. The third kappa shape index (κ3) is 4.25. The molecule has 0 radical (unpaired) electrons. The van der Waals surface area contributed by atoms with Gasteiger partial charge in [-0.25, -0.2) is 4.39 Å². The summed E-state index contributed by atoms with van der Waals surface area (Å²) in [5.74, 6) is -0.232. The normalized spacial score (nSPS) is 31.7. The summed E-state index contributed by atoms with van der Waals surface area (Å²) in [5.41, 5.74) is 4.89. The van der Waals surface area contributed by atoms with Gasteiger partial charge >= 0.3 is 0 Å². The zero-order valence-electron chi connectivity index (χ0n) is 19.2. The molecule has 2 aromatic carbocycles. The first-order valence-corrected chi connectivity index (χ1v) is 11.3. The zero-order chi connectivity index (χ0) is 21.7. The Morgan fingerprint density at radius 2 is 1.67 bits per heavy atom. The van der Waals surface area contributed by atoms with Crippen LogP contribution < -0.4 is 0 Å². The number of benzene rings is 2. The fraction of sp³-hybridized carbons (Fsp3) is 0.500. The summed E-state index contributed by atoms with van der Waals surface area (Å²) < 4.78 is 19.4. The third-order valence-corrected chi connectivity index (χ3v) is 7.11. The topological polar surface area (TPSA) is 12.5 Å². The number of hydrogen-bond acceptors (Lipinski definition) is 1. The second-order valence-electron chi connectivity index (χ2n) is 10.7. The van der Waals surface area contributed by atoms with Crippen molar-refractivity contribution in [3.8, 4) is 0 Å². The molecule has 1 aliphatic carbocycles. The maximum atomic E-state index is 14.1. The van der Waals surface area contributed by atoms with Crippen molar-refractivity contribution < 1.29 is 9.13 Å². The van der Waals surface area contributed by atoms with Crippen LogP contribution >= 0.6 is 0 Å². The Hall–Kier alpha value is -1.93. The van der Waals surface area contributed by atoms with E-state index in [9.17, 15) is 4.39 Å². The Morgan fingerprint density at radius 3 is 2.20 bits per heavy atom. The largest absolute Gasteiger partial charge is 0.331 e. The molecule has 2 fully saturated rings. The highest BCUT2D eigenvalue weighted by Gasteiger charge is 2.74. The summed E-state index contributed by atoms with van der Waals surface area (Å²) in [4.78, 5) is 0. The van der Waals surface area contributed by atoms with E-state index in [0.717, 1.165) is 12.8 Å². The monoisotopic (exact) mass is 406 g/mol. The van der Waals surface area contributed by atoms with Crippen LogP contribution in [0.3, 0.4) is 0 Å². The third-order valence-electron chi connectivity index (χ3n) is 7.11. The molecule has 160 valence electrons. The molecule has 1 saturated carbocycles. The average molecular weight is 407 g/mol. The minimum Gasteiger partial charge on any atom is -0.331 e. The molecular weight excluding hydrogens is 371 g/mol. The molecule has 0 N–H and O–H groups in total. The van der Waals surface area contributed by atoms with E-state index in [1.807, 2.05) is 6.92 Å². The smallest absolute Gasteiger partial charge is 0.236 e. The van der Waals surface area contributed by atoms with E-state index in [1.165, 1.54) is 22.3 Å². The molecule has 0 spiro atoms. The highest BCUT2D eigenvalue weighted by molar-refractivity contribution is 5.51. The quantitative estimate of drug-likeness (QED) is 0.454. The molecule has 30 heavy (non-hydrogen) atoms. The molecule has 1 aliphatic heterocycles. The highest BCUT2D eigenvalue weighted by Crippen LogP contribution is 2.66. The molecule has 2 aromatic rings. The predicted octanol–water partition coefficient (Wildman–Crippen LogP) is 7.45. The van der Waals surface area contributed by atoms with Crippen LogP contribution in [0.25, 0.3) is 6.08 Å². The molecule has 1 heterocycles. The summed E-state index contributed by atoms with van der Waals surface area (Å²) >= 11 is 0. The lowest BCUT2D eigenvalue weighted by molar-refractivity contribution is 0.160. The van der Waals surface area contributed by atoms with Crippen LogP contribution in [0.4, 0.5) is 4.39 Å². The molecule has 4 rings (SSSR count). The van der Waals surface area contributed by atoms with Gasteiger partial charge in [-0.05, 0) is 66.2 Å². The maximum Gasteiger partial charge on any atom is 0.236 e. The lowest BCUT2D eigenvalue weighted by atomic mass is 9.86. The van der Waals surface area contributed by atoms with Gasteiger partial charge in [-0.2, -0.15) is 0 Å². The van der Waals surface area contributed by atoms with Gasteiger partial charge in [0.05, 0.1) is 0 Å². The number of halogens is 1. The van der Waals surface area contributed by atoms with Crippen LogP contribution in [-0.4, -0.2) is 11.5 Å². The minimum absolute atomic E-state index is 0.200. The Labute approximate surface area is 181 Å². The standard InChI is InChI=1S/C28H35FO/c1-19(17-21-11-15-23(16-12-21)26(2,3)4)7-8-20-9-13-22(14-10-20)24-18-25(24)27(5)28(6,29)30-27/h7-16,19,24-25H,17-18H2,1-6H3/b8-7+. The minimum atomic E-state index is -1.45. The Kier molecular flexibility index (Phi) is 5.21. The summed E-state index contributed by atoms with van der Waals surface area (Å²) in [6.45, 7) is 12.5. The van der Waals surface area contributed by atoms with Crippen LogP contribution in [0, 0.1) is 11.8 Å². The molecule has 5 atom stereocenters. The number of rotatable bonds is 6. The van der Waals surface area contributed by atoms with Crippen LogP contribution in [0.5, 0.6) is 0 Å². The van der Waals surface area contributed by atoms with Crippen molar-refractivity contribution in [1.29, 1.82) is 0 Å². The van der Waals surface area contributed by atoms with E-state index < -0.39 is 11.5 Å². The maximum absolute atomic E-state index is 14.1. The lowest BCUT2D eigenvalue weighted by Crippen LogP contribution is -2.18. The van der Waals surface area contributed by atoms with Gasteiger partial charge in [0.25, 0.3) is 0 Å². The van der Waals surface area contributed by atoms with E-state index in [4.69, 9.17) is 4.74 Å². The first-order chi connectivity index (χ1) is 14.0. The zero-order valence-corrected chi connectivity index (χ0v) is 19.2. The highest BCUT2D eigenvalue weighted by atomic mass is 19.2. The fourth-order valence-corrected chi connectivity index (χ4v) is 4.66. The van der Waals surface area contributed by atoms with Crippen LogP contribution in [0.15, 0.2) is 54.6 Å². The van der Waals surface area contributed by atoms with Crippen molar-refractivity contribution in [3.05, 3.63) is 76.9 Å². The van der Waals surface area contributed by atoms with E-state index in [0.29, 0.717) is 17.8 Å². The molecule has 1 saturated heterocycles. The van der Waals surface area contributed by atoms with Crippen molar-refractivity contribution >= 4 is 6.08 Å². The number of ether oxygens (including phenoxy) is 1. The first kappa shape index (κ1) is 21.3. The number of epoxide rings is 1. The summed E-state index contributed by atoms with van der Waals surface area (Å²) in [6.07, 6.45) is 6.58. The lowest BCUT2D eigenvalue weighted by Gasteiger charge is -2.19. The van der Waals surface area contributed by atoms with Crippen LogP contribution in [0.2, 0.25) is 0 Å². The van der Waals surface area contributed by atoms with Crippen molar-refractivity contribution in [3.63, 3.8) is 0 Å². The van der Waals surface area contributed by atoms with Gasteiger partial charge in [0.2, 0.25) is 5.85 Å². The SMILES string of the molecule is CC(/C=C/c1ccc(C2CC2C2(C)OC2(C)F)cc1)Cc1ccc(C(C)(C)C)cc1. The molecule has 0 bridgehead atoms. The fourth-order valence-electron chi connectivity index (χ4n) is 4.66. The number of hydrogen-bond donors (Lipinski definition) is 0. The van der Waals surface area contributed by atoms with Gasteiger partial charge in [-0.3, -0.25) is 0 Å². The van der Waals surface area contributed by atoms with Crippen molar-refractivity contribution in [2.45, 2.75) is 77.2 Å². The van der Waals surface area contributed by atoms with Gasteiger partial charge in [-0.15, -0.1) is 0 Å².